The number of nitrogens with zero attached hydrogens (tertiary/aromatic N) is 3. The number of aromatic amines is 1. The topological polar surface area (TPSA) is 83.3 Å². The molecule has 6 heteroatoms. The van der Waals surface area contributed by atoms with E-state index in [1.807, 2.05) is 24.3 Å². The minimum atomic E-state index is -0.318. The quantitative estimate of drug-likeness (QED) is 0.453. The summed E-state index contributed by atoms with van der Waals surface area (Å²) in [6.07, 6.45) is 3.26. The fourth-order valence-electron chi connectivity index (χ4n) is 3.09. The van der Waals surface area contributed by atoms with Crippen LogP contribution in [0.1, 0.15) is 0 Å². The Labute approximate surface area is 116 Å². The van der Waals surface area contributed by atoms with Crippen LogP contribution in [-0.2, 0) is 0 Å². The van der Waals surface area contributed by atoms with E-state index >= 15 is 0 Å². The lowest BCUT2D eigenvalue weighted by Crippen LogP contribution is -1.98. The van der Waals surface area contributed by atoms with Crippen LogP contribution in [0.2, 0.25) is 0 Å². The van der Waals surface area contributed by atoms with E-state index < -0.39 is 0 Å². The first-order chi connectivity index (χ1) is 10.3. The third-order valence-electron chi connectivity index (χ3n) is 3.93. The monoisotopic (exact) mass is 276 g/mol. The molecule has 0 atom stereocenters. The minimum Gasteiger partial charge on any atom is -0.493 e. The van der Waals surface area contributed by atoms with Gasteiger partial charge >= 0.3 is 0 Å². The maximum atomic E-state index is 12.2. The molecule has 0 aliphatic heterocycles. The van der Waals surface area contributed by atoms with Crippen molar-refractivity contribution in [1.29, 1.82) is 0 Å². The van der Waals surface area contributed by atoms with Gasteiger partial charge in [-0.1, -0.05) is 18.2 Å². The molecule has 0 fully saturated rings. The number of H-pyrrole nitrogens is 1. The SMILES string of the molecule is O=c1[nH]c(O)c2c1c1c3ccccc3nc1c1cncn12. The largest absolute Gasteiger partial charge is 0.493 e. The smallest absolute Gasteiger partial charge is 0.261 e. The van der Waals surface area contributed by atoms with Gasteiger partial charge in [0, 0.05) is 10.8 Å². The zero-order valence-electron chi connectivity index (χ0n) is 10.7. The summed E-state index contributed by atoms with van der Waals surface area (Å²) in [4.78, 5) is 23.5. The molecule has 0 radical (unpaired) electrons. The van der Waals surface area contributed by atoms with E-state index in [0.29, 0.717) is 10.9 Å². The molecule has 5 rings (SSSR count). The van der Waals surface area contributed by atoms with Crippen molar-refractivity contribution in [3.05, 3.63) is 47.1 Å². The van der Waals surface area contributed by atoms with Gasteiger partial charge in [0.1, 0.15) is 5.52 Å². The predicted octanol–water partition coefficient (Wildman–Crippen LogP) is 2.02. The summed E-state index contributed by atoms with van der Waals surface area (Å²) < 4.78 is 1.69. The van der Waals surface area contributed by atoms with Crippen LogP contribution in [0.15, 0.2) is 41.6 Å². The fraction of sp³-hybridized carbons (Fsp3) is 0. The van der Waals surface area contributed by atoms with E-state index in [0.717, 1.165) is 27.3 Å². The zero-order chi connectivity index (χ0) is 14.1. The second-order valence-corrected chi connectivity index (χ2v) is 5.03. The first-order valence-electron chi connectivity index (χ1n) is 6.46. The maximum absolute atomic E-state index is 12.2. The van der Waals surface area contributed by atoms with Crippen molar-refractivity contribution in [3.8, 4) is 5.88 Å². The molecular weight excluding hydrogens is 268 g/mol. The van der Waals surface area contributed by atoms with Gasteiger partial charge in [-0.25, -0.2) is 9.97 Å². The Morgan fingerprint density at radius 2 is 2.05 bits per heavy atom. The number of rotatable bonds is 0. The van der Waals surface area contributed by atoms with Crippen LogP contribution in [0, 0.1) is 0 Å². The standard InChI is InChI=1S/C15H8N4O2/c20-14-11-10-7-3-1-2-4-8(7)17-12(10)9-5-16-6-19(9)13(11)15(21)18-14/h1-6,21H,(H,18,20). The van der Waals surface area contributed by atoms with Crippen molar-refractivity contribution in [1.82, 2.24) is 19.4 Å². The molecule has 4 aromatic heterocycles. The van der Waals surface area contributed by atoms with Gasteiger partial charge in [-0.3, -0.25) is 14.2 Å². The summed E-state index contributed by atoms with van der Waals surface area (Å²) in [7, 11) is 0. The molecule has 21 heavy (non-hydrogen) atoms. The lowest BCUT2D eigenvalue weighted by Gasteiger charge is -2.00. The highest BCUT2D eigenvalue weighted by molar-refractivity contribution is 6.23. The van der Waals surface area contributed by atoms with Crippen molar-refractivity contribution in [2.75, 3.05) is 0 Å². The maximum Gasteiger partial charge on any atom is 0.261 e. The predicted molar refractivity (Wildman–Crippen MR) is 79.0 cm³/mol. The number of benzene rings is 1. The van der Waals surface area contributed by atoms with E-state index in [9.17, 15) is 9.90 Å². The summed E-state index contributed by atoms with van der Waals surface area (Å²) in [5.74, 6) is -0.148. The fourth-order valence-corrected chi connectivity index (χ4v) is 3.09. The summed E-state index contributed by atoms with van der Waals surface area (Å²) in [5, 5.41) is 12.2. The van der Waals surface area contributed by atoms with Crippen LogP contribution in [-0.4, -0.2) is 24.5 Å². The third-order valence-corrected chi connectivity index (χ3v) is 3.93. The van der Waals surface area contributed by atoms with Crippen molar-refractivity contribution in [2.24, 2.45) is 0 Å². The van der Waals surface area contributed by atoms with Gasteiger partial charge in [0.05, 0.1) is 34.5 Å². The van der Waals surface area contributed by atoms with Crippen molar-refractivity contribution in [2.45, 2.75) is 0 Å². The molecule has 1 aromatic carbocycles. The second-order valence-electron chi connectivity index (χ2n) is 5.03. The highest BCUT2D eigenvalue weighted by Crippen LogP contribution is 2.35. The number of hydrogen-bond donors (Lipinski definition) is 2. The number of pyridine rings is 1. The average molecular weight is 276 g/mol. The van der Waals surface area contributed by atoms with Crippen LogP contribution in [0.25, 0.3) is 38.2 Å². The van der Waals surface area contributed by atoms with E-state index in [4.69, 9.17) is 0 Å². The van der Waals surface area contributed by atoms with Gasteiger partial charge in [-0.2, -0.15) is 0 Å². The Morgan fingerprint density at radius 1 is 1.19 bits per heavy atom. The number of aromatic nitrogens is 4. The van der Waals surface area contributed by atoms with Crippen LogP contribution >= 0.6 is 0 Å². The van der Waals surface area contributed by atoms with Gasteiger partial charge in [0.25, 0.3) is 5.56 Å². The molecule has 0 aliphatic carbocycles. The first kappa shape index (κ1) is 10.6. The molecule has 0 aliphatic rings. The Bertz CT molecular complexity index is 1220. The Balaban J connectivity index is 2.32. The van der Waals surface area contributed by atoms with Crippen molar-refractivity contribution >= 4 is 38.2 Å². The van der Waals surface area contributed by atoms with Crippen LogP contribution < -0.4 is 5.56 Å². The highest BCUT2D eigenvalue weighted by atomic mass is 16.3. The molecule has 2 N–H and O–H groups in total. The lowest BCUT2D eigenvalue weighted by molar-refractivity contribution is 0.460. The van der Waals surface area contributed by atoms with Gasteiger partial charge < -0.3 is 5.11 Å². The molecule has 0 saturated heterocycles. The van der Waals surface area contributed by atoms with Crippen LogP contribution in [0.5, 0.6) is 5.88 Å². The van der Waals surface area contributed by atoms with Gasteiger partial charge in [0.15, 0.2) is 0 Å². The molecule has 0 spiro atoms. The first-order valence-corrected chi connectivity index (χ1v) is 6.46. The summed E-state index contributed by atoms with van der Waals surface area (Å²) >= 11 is 0. The highest BCUT2D eigenvalue weighted by Gasteiger charge is 2.20. The molecule has 4 heterocycles. The number of aromatic hydroxyl groups is 1. The van der Waals surface area contributed by atoms with Crippen LogP contribution in [0.4, 0.5) is 0 Å². The molecule has 5 aromatic rings. The molecular formula is C15H8N4O2. The molecule has 0 bridgehead atoms. The van der Waals surface area contributed by atoms with Crippen LogP contribution in [0.3, 0.4) is 0 Å². The van der Waals surface area contributed by atoms with Gasteiger partial charge in [-0.15, -0.1) is 0 Å². The molecule has 0 unspecified atom stereocenters. The Hall–Kier alpha value is -3.15. The lowest BCUT2D eigenvalue weighted by atomic mass is 10.1. The second kappa shape index (κ2) is 3.29. The van der Waals surface area contributed by atoms with Crippen molar-refractivity contribution < 1.29 is 5.11 Å². The van der Waals surface area contributed by atoms with E-state index in [-0.39, 0.29) is 11.4 Å². The third kappa shape index (κ3) is 1.11. The Kier molecular flexibility index (Phi) is 1.66. The molecule has 0 amide bonds. The number of fused-ring (bicyclic) bond motifs is 8. The van der Waals surface area contributed by atoms with Gasteiger partial charge in [0.2, 0.25) is 5.88 Å². The molecule has 100 valence electrons. The summed E-state index contributed by atoms with van der Waals surface area (Å²) in [6, 6.07) is 7.66. The average Bonchev–Trinajstić information content (AvgIpc) is 3.14. The number of para-hydroxylation sites is 1. The van der Waals surface area contributed by atoms with E-state index in [2.05, 4.69) is 15.0 Å². The zero-order valence-corrected chi connectivity index (χ0v) is 10.7. The Morgan fingerprint density at radius 3 is 2.95 bits per heavy atom. The number of imidazole rings is 1. The van der Waals surface area contributed by atoms with E-state index in [1.165, 1.54) is 0 Å². The van der Waals surface area contributed by atoms with Crippen molar-refractivity contribution in [3.63, 3.8) is 0 Å². The summed E-state index contributed by atoms with van der Waals surface area (Å²) in [6.45, 7) is 0. The molecule has 6 nitrogen and oxygen atoms in total. The number of hydrogen-bond acceptors (Lipinski definition) is 4. The van der Waals surface area contributed by atoms with E-state index in [1.54, 1.807) is 16.9 Å². The van der Waals surface area contributed by atoms with Gasteiger partial charge in [-0.05, 0) is 6.07 Å². The summed E-state index contributed by atoms with van der Waals surface area (Å²) in [5.41, 5.74) is 2.43. The number of nitrogens with one attached hydrogen (secondary N) is 1. The normalized spacial score (nSPS) is 12.2. The minimum absolute atomic E-state index is 0.148. The molecule has 0 saturated carbocycles.